The molecule has 0 aromatic heterocycles. The van der Waals surface area contributed by atoms with Gasteiger partial charge in [-0.1, -0.05) is 0 Å². The second-order valence-corrected chi connectivity index (χ2v) is 8.02. The lowest BCUT2D eigenvalue weighted by Crippen LogP contribution is -2.51. The number of amides is 2. The summed E-state index contributed by atoms with van der Waals surface area (Å²) in [6.45, 7) is 1.80. The largest absolute Gasteiger partial charge is 0.494 e. The Morgan fingerprint density at radius 3 is 2.64 bits per heavy atom. The predicted octanol–water partition coefficient (Wildman–Crippen LogP) is 2.71. The molecule has 6 nitrogen and oxygen atoms in total. The van der Waals surface area contributed by atoms with Crippen LogP contribution in [0.5, 0.6) is 5.75 Å². The highest BCUT2D eigenvalue weighted by Gasteiger charge is 2.41. The summed E-state index contributed by atoms with van der Waals surface area (Å²) >= 11 is 0. The Morgan fingerprint density at radius 2 is 2.04 bits per heavy atom. The minimum atomic E-state index is -0.536. The highest BCUT2D eigenvalue weighted by molar-refractivity contribution is 5.94. The van der Waals surface area contributed by atoms with Crippen molar-refractivity contribution in [3.63, 3.8) is 0 Å². The molecule has 28 heavy (non-hydrogen) atoms. The third kappa shape index (κ3) is 4.46. The molecule has 2 saturated heterocycles. The molecule has 1 aromatic rings. The number of carbonyl (C=O) groups excluding carboxylic acids is 2. The van der Waals surface area contributed by atoms with Crippen LogP contribution in [0.1, 0.15) is 42.5 Å². The van der Waals surface area contributed by atoms with E-state index in [0.717, 1.165) is 25.7 Å². The van der Waals surface area contributed by atoms with Gasteiger partial charge in [0.2, 0.25) is 5.91 Å². The molecule has 7 heteroatoms. The van der Waals surface area contributed by atoms with Crippen LogP contribution in [0.25, 0.3) is 0 Å². The lowest BCUT2D eigenvalue weighted by molar-refractivity contribution is -0.139. The van der Waals surface area contributed by atoms with Gasteiger partial charge in [-0.25, -0.2) is 4.39 Å². The van der Waals surface area contributed by atoms with Crippen molar-refractivity contribution in [2.75, 3.05) is 40.9 Å². The first-order valence-corrected chi connectivity index (χ1v) is 9.80. The molecule has 1 atom stereocenters. The van der Waals surface area contributed by atoms with Crippen molar-refractivity contribution >= 4 is 11.8 Å². The smallest absolute Gasteiger partial charge is 0.253 e. The third-order valence-corrected chi connectivity index (χ3v) is 5.92. The number of piperidine rings is 1. The molecule has 0 N–H and O–H groups in total. The minimum Gasteiger partial charge on any atom is -0.494 e. The Morgan fingerprint density at radius 1 is 1.32 bits per heavy atom. The minimum absolute atomic E-state index is 0.128. The Hall–Kier alpha value is -2.15. The summed E-state index contributed by atoms with van der Waals surface area (Å²) in [5.74, 6) is -0.113. The number of methoxy groups -OCH3 is 1. The van der Waals surface area contributed by atoms with Crippen LogP contribution in [0.2, 0.25) is 0 Å². The van der Waals surface area contributed by atoms with E-state index in [2.05, 4.69) is 0 Å². The lowest BCUT2D eigenvalue weighted by Gasteiger charge is -2.46. The molecule has 2 amide bonds. The van der Waals surface area contributed by atoms with Crippen LogP contribution in [-0.2, 0) is 9.53 Å². The van der Waals surface area contributed by atoms with Crippen molar-refractivity contribution in [2.24, 2.45) is 5.92 Å². The van der Waals surface area contributed by atoms with Crippen molar-refractivity contribution in [2.45, 2.75) is 37.7 Å². The molecule has 2 fully saturated rings. The van der Waals surface area contributed by atoms with Gasteiger partial charge in [-0.2, -0.15) is 0 Å². The van der Waals surface area contributed by atoms with Gasteiger partial charge in [-0.3, -0.25) is 9.59 Å². The van der Waals surface area contributed by atoms with Crippen molar-refractivity contribution in [1.82, 2.24) is 9.80 Å². The monoisotopic (exact) mass is 392 g/mol. The van der Waals surface area contributed by atoms with Crippen LogP contribution in [0.3, 0.4) is 0 Å². The molecular weight excluding hydrogens is 363 g/mol. The summed E-state index contributed by atoms with van der Waals surface area (Å²) in [6.07, 6.45) is 3.78. The van der Waals surface area contributed by atoms with Crippen molar-refractivity contribution in [3.8, 4) is 5.75 Å². The SMILES string of the molecule is COc1ccc(C(=O)N2CCC3(CC2)CC(CC(=O)N(C)C)CCO3)cc1F. The van der Waals surface area contributed by atoms with Gasteiger partial charge in [-0.05, 0) is 49.8 Å². The molecule has 154 valence electrons. The zero-order valence-electron chi connectivity index (χ0n) is 16.9. The molecule has 1 unspecified atom stereocenters. The van der Waals surface area contributed by atoms with Crippen molar-refractivity contribution in [1.29, 1.82) is 0 Å². The van der Waals surface area contributed by atoms with Gasteiger partial charge < -0.3 is 19.3 Å². The molecule has 1 spiro atoms. The molecule has 0 bridgehead atoms. The average Bonchev–Trinajstić information content (AvgIpc) is 2.68. The molecule has 0 radical (unpaired) electrons. The van der Waals surface area contributed by atoms with E-state index in [1.165, 1.54) is 19.2 Å². The molecule has 2 heterocycles. The van der Waals surface area contributed by atoms with E-state index < -0.39 is 5.82 Å². The topological polar surface area (TPSA) is 59.1 Å². The molecule has 3 rings (SSSR count). The predicted molar refractivity (Wildman–Crippen MR) is 103 cm³/mol. The highest BCUT2D eigenvalue weighted by Crippen LogP contribution is 2.39. The van der Waals surface area contributed by atoms with Crippen LogP contribution in [0.15, 0.2) is 18.2 Å². The summed E-state index contributed by atoms with van der Waals surface area (Å²) in [7, 11) is 4.96. The number of ether oxygens (including phenoxy) is 2. The number of hydrogen-bond donors (Lipinski definition) is 0. The fourth-order valence-corrected chi connectivity index (χ4v) is 4.18. The van der Waals surface area contributed by atoms with Crippen LogP contribution in [0, 0.1) is 11.7 Å². The third-order valence-electron chi connectivity index (χ3n) is 5.92. The summed E-state index contributed by atoms with van der Waals surface area (Å²) in [6, 6.07) is 4.30. The Bertz CT molecular complexity index is 729. The molecule has 0 aliphatic carbocycles. The zero-order valence-corrected chi connectivity index (χ0v) is 16.9. The Kier molecular flexibility index (Phi) is 6.23. The maximum atomic E-state index is 13.9. The van der Waals surface area contributed by atoms with E-state index in [0.29, 0.717) is 37.6 Å². The quantitative estimate of drug-likeness (QED) is 0.791. The first-order valence-electron chi connectivity index (χ1n) is 9.80. The lowest BCUT2D eigenvalue weighted by atomic mass is 9.78. The van der Waals surface area contributed by atoms with E-state index in [9.17, 15) is 14.0 Å². The van der Waals surface area contributed by atoms with Crippen molar-refractivity contribution < 1.29 is 23.5 Å². The first-order chi connectivity index (χ1) is 13.3. The number of benzene rings is 1. The highest BCUT2D eigenvalue weighted by atomic mass is 19.1. The number of rotatable bonds is 4. The van der Waals surface area contributed by atoms with Crippen LogP contribution in [-0.4, -0.2) is 68.1 Å². The fourth-order valence-electron chi connectivity index (χ4n) is 4.18. The number of carbonyl (C=O) groups is 2. The van der Waals surface area contributed by atoms with Gasteiger partial charge >= 0.3 is 0 Å². The van der Waals surface area contributed by atoms with E-state index in [4.69, 9.17) is 9.47 Å². The summed E-state index contributed by atoms with van der Waals surface area (Å²) in [5, 5.41) is 0. The molecule has 1 aromatic carbocycles. The molecule has 2 aliphatic rings. The average molecular weight is 392 g/mol. The Balaban J connectivity index is 1.59. The zero-order chi connectivity index (χ0) is 20.3. The van der Waals surface area contributed by atoms with E-state index in [1.807, 2.05) is 0 Å². The Labute approximate surface area is 165 Å². The second-order valence-electron chi connectivity index (χ2n) is 8.02. The van der Waals surface area contributed by atoms with Crippen LogP contribution >= 0.6 is 0 Å². The fraction of sp³-hybridized carbons (Fsp3) is 0.619. The van der Waals surface area contributed by atoms with Gasteiger partial charge in [0.05, 0.1) is 12.7 Å². The van der Waals surface area contributed by atoms with Crippen LogP contribution < -0.4 is 4.74 Å². The number of halogens is 1. The van der Waals surface area contributed by atoms with Crippen molar-refractivity contribution in [3.05, 3.63) is 29.6 Å². The maximum absolute atomic E-state index is 13.9. The number of hydrogen-bond acceptors (Lipinski definition) is 4. The maximum Gasteiger partial charge on any atom is 0.253 e. The van der Waals surface area contributed by atoms with Crippen LogP contribution in [0.4, 0.5) is 4.39 Å². The van der Waals surface area contributed by atoms with E-state index in [-0.39, 0.29) is 23.2 Å². The number of nitrogens with zero attached hydrogens (tertiary/aromatic N) is 2. The van der Waals surface area contributed by atoms with Gasteiger partial charge in [0.15, 0.2) is 11.6 Å². The summed E-state index contributed by atoms with van der Waals surface area (Å²) < 4.78 is 25.0. The van der Waals surface area contributed by atoms with Gasteiger partial charge in [0.1, 0.15) is 0 Å². The summed E-state index contributed by atoms with van der Waals surface area (Å²) in [5.41, 5.74) is 0.0746. The normalized spacial score (nSPS) is 21.4. The van der Waals surface area contributed by atoms with Gasteiger partial charge in [0, 0.05) is 45.8 Å². The standard InChI is InChI=1S/C21H29FN2O4/c1-23(2)19(25)12-15-6-11-28-21(14-15)7-9-24(10-8-21)20(26)16-4-5-18(27-3)17(22)13-16/h4-5,13,15H,6-12,14H2,1-3H3. The van der Waals surface area contributed by atoms with Gasteiger partial charge in [-0.15, -0.1) is 0 Å². The molecule has 0 saturated carbocycles. The first kappa shape index (κ1) is 20.6. The van der Waals surface area contributed by atoms with E-state index in [1.54, 1.807) is 30.0 Å². The summed E-state index contributed by atoms with van der Waals surface area (Å²) in [4.78, 5) is 28.2. The molecular formula is C21H29FN2O4. The van der Waals surface area contributed by atoms with Gasteiger partial charge in [0.25, 0.3) is 5.91 Å². The molecule has 2 aliphatic heterocycles. The number of likely N-dealkylation sites (tertiary alicyclic amines) is 1. The van der Waals surface area contributed by atoms with E-state index >= 15 is 0 Å². The second kappa shape index (κ2) is 8.47.